The van der Waals surface area contributed by atoms with Crippen molar-refractivity contribution in [3.8, 4) is 33.4 Å². The molecule has 0 spiro atoms. The molecule has 1 aliphatic heterocycles. The third kappa shape index (κ3) is 5.00. The lowest BCUT2D eigenvalue weighted by molar-refractivity contribution is 0.628. The molecule has 2 aliphatic rings. The van der Waals surface area contributed by atoms with Crippen LogP contribution in [-0.2, 0) is 11.8 Å². The second kappa shape index (κ2) is 11.8. The molecule has 0 radical (unpaired) electrons. The Morgan fingerprint density at radius 3 is 1.73 bits per heavy atom. The fourth-order valence-corrected chi connectivity index (χ4v) is 8.33. The van der Waals surface area contributed by atoms with E-state index in [0.717, 1.165) is 12.8 Å². The number of benzene rings is 7. The standard InChI is InChI=1S/C48H39N/c1-48(2)44-19-11-12-20-46(44)49(38-28-26-37(27-29-38)35-15-7-4-8-16-35)47-32-43-40-18-10-9-17-39(40)41(42(43)31-45(47)48)30-23-33-21-24-36(25-22-33)34-13-5-3-6-14-34/h3-22,24-29,31-32,41H,23,30H2,1-2H3. The number of nitrogens with zero attached hydrogens (tertiary/aromatic N) is 1. The Balaban J connectivity index is 1.12. The van der Waals surface area contributed by atoms with Crippen molar-refractivity contribution in [2.24, 2.45) is 0 Å². The maximum atomic E-state index is 2.56. The van der Waals surface area contributed by atoms with Gasteiger partial charge in [0.2, 0.25) is 0 Å². The van der Waals surface area contributed by atoms with Crippen LogP contribution in [0.4, 0.5) is 17.1 Å². The minimum absolute atomic E-state index is 0.145. The minimum Gasteiger partial charge on any atom is -0.310 e. The van der Waals surface area contributed by atoms with E-state index in [1.165, 1.54) is 78.3 Å². The Morgan fingerprint density at radius 2 is 1.04 bits per heavy atom. The molecule has 0 N–H and O–H groups in total. The molecule has 0 saturated heterocycles. The van der Waals surface area contributed by atoms with E-state index in [1.807, 2.05) is 0 Å². The summed E-state index contributed by atoms with van der Waals surface area (Å²) in [7, 11) is 0. The summed E-state index contributed by atoms with van der Waals surface area (Å²) in [6, 6.07) is 62.7. The summed E-state index contributed by atoms with van der Waals surface area (Å²) in [4.78, 5) is 2.50. The van der Waals surface area contributed by atoms with Gasteiger partial charge in [0.1, 0.15) is 0 Å². The first kappa shape index (κ1) is 29.5. The van der Waals surface area contributed by atoms with Gasteiger partial charge in [-0.15, -0.1) is 0 Å². The van der Waals surface area contributed by atoms with E-state index in [1.54, 1.807) is 0 Å². The van der Waals surface area contributed by atoms with Crippen molar-refractivity contribution in [1.82, 2.24) is 0 Å². The highest BCUT2D eigenvalue weighted by atomic mass is 15.2. The van der Waals surface area contributed by atoms with Crippen LogP contribution < -0.4 is 4.90 Å². The quantitative estimate of drug-likeness (QED) is 0.177. The van der Waals surface area contributed by atoms with Gasteiger partial charge in [-0.2, -0.15) is 0 Å². The van der Waals surface area contributed by atoms with Crippen LogP contribution in [0.2, 0.25) is 0 Å². The predicted molar refractivity (Wildman–Crippen MR) is 206 cm³/mol. The van der Waals surface area contributed by atoms with Gasteiger partial charge in [0, 0.05) is 17.0 Å². The highest BCUT2D eigenvalue weighted by molar-refractivity contribution is 5.91. The van der Waals surface area contributed by atoms with Crippen LogP contribution >= 0.6 is 0 Å². The summed E-state index contributed by atoms with van der Waals surface area (Å²) in [6.45, 7) is 4.80. The fourth-order valence-electron chi connectivity index (χ4n) is 8.33. The largest absolute Gasteiger partial charge is 0.310 e. The van der Waals surface area contributed by atoms with Crippen LogP contribution in [-0.4, -0.2) is 0 Å². The van der Waals surface area contributed by atoms with E-state index < -0.39 is 0 Å². The first-order valence-electron chi connectivity index (χ1n) is 17.5. The maximum Gasteiger partial charge on any atom is 0.0509 e. The van der Waals surface area contributed by atoms with Gasteiger partial charge in [-0.1, -0.05) is 159 Å². The van der Waals surface area contributed by atoms with Crippen LogP contribution in [0.25, 0.3) is 33.4 Å². The van der Waals surface area contributed by atoms with Gasteiger partial charge in [0.15, 0.2) is 0 Å². The van der Waals surface area contributed by atoms with E-state index in [9.17, 15) is 0 Å². The second-order valence-corrected chi connectivity index (χ2v) is 14.1. The molecule has 49 heavy (non-hydrogen) atoms. The number of aryl methyl sites for hydroxylation is 1. The van der Waals surface area contributed by atoms with Crippen LogP contribution in [0.1, 0.15) is 54.0 Å². The van der Waals surface area contributed by atoms with E-state index in [0.29, 0.717) is 5.92 Å². The maximum absolute atomic E-state index is 2.56. The van der Waals surface area contributed by atoms with E-state index in [2.05, 4.69) is 189 Å². The predicted octanol–water partition coefficient (Wildman–Crippen LogP) is 12.9. The first-order chi connectivity index (χ1) is 24.1. The van der Waals surface area contributed by atoms with Gasteiger partial charge < -0.3 is 4.90 Å². The lowest BCUT2D eigenvalue weighted by atomic mass is 9.72. The summed E-state index contributed by atoms with van der Waals surface area (Å²) in [5.41, 5.74) is 18.4. The molecule has 7 aromatic rings. The number of hydrogen-bond acceptors (Lipinski definition) is 1. The van der Waals surface area contributed by atoms with Crippen molar-refractivity contribution in [3.63, 3.8) is 0 Å². The van der Waals surface area contributed by atoms with Crippen LogP contribution in [0.3, 0.4) is 0 Å². The van der Waals surface area contributed by atoms with E-state index in [-0.39, 0.29) is 5.41 Å². The molecule has 9 rings (SSSR count). The normalized spacial score (nSPS) is 15.2. The topological polar surface area (TPSA) is 3.24 Å². The monoisotopic (exact) mass is 629 g/mol. The van der Waals surface area contributed by atoms with E-state index in [4.69, 9.17) is 0 Å². The summed E-state index contributed by atoms with van der Waals surface area (Å²) in [6.07, 6.45) is 2.12. The third-order valence-electron chi connectivity index (χ3n) is 10.9. The summed E-state index contributed by atoms with van der Waals surface area (Å²) in [5.74, 6) is 0.358. The van der Waals surface area contributed by atoms with Gasteiger partial charge in [-0.05, 0) is 98.3 Å². The average Bonchev–Trinajstić information content (AvgIpc) is 3.47. The molecule has 1 nitrogen and oxygen atoms in total. The van der Waals surface area contributed by atoms with Crippen molar-refractivity contribution in [1.29, 1.82) is 0 Å². The van der Waals surface area contributed by atoms with Gasteiger partial charge in [-0.25, -0.2) is 0 Å². The average molecular weight is 630 g/mol. The fraction of sp³-hybridized carbons (Fsp3) is 0.125. The molecule has 0 saturated carbocycles. The molecule has 1 atom stereocenters. The zero-order valence-electron chi connectivity index (χ0n) is 28.1. The highest BCUT2D eigenvalue weighted by Crippen LogP contribution is 2.56. The highest BCUT2D eigenvalue weighted by Gasteiger charge is 2.40. The molecule has 1 heterocycles. The van der Waals surface area contributed by atoms with Crippen molar-refractivity contribution >= 4 is 17.1 Å². The Bertz CT molecular complexity index is 2280. The van der Waals surface area contributed by atoms with Crippen molar-refractivity contribution in [3.05, 3.63) is 198 Å². The van der Waals surface area contributed by atoms with Crippen molar-refractivity contribution < 1.29 is 0 Å². The summed E-state index contributed by atoms with van der Waals surface area (Å²) >= 11 is 0. The Hall–Kier alpha value is -5.66. The van der Waals surface area contributed by atoms with Crippen LogP contribution in [0, 0.1) is 0 Å². The van der Waals surface area contributed by atoms with Gasteiger partial charge in [-0.3, -0.25) is 0 Å². The first-order valence-corrected chi connectivity index (χ1v) is 17.5. The molecule has 1 unspecified atom stereocenters. The molecular formula is C48H39N. The molecule has 1 heteroatoms. The number of fused-ring (bicyclic) bond motifs is 5. The third-order valence-corrected chi connectivity index (χ3v) is 10.9. The molecule has 0 bridgehead atoms. The summed E-state index contributed by atoms with van der Waals surface area (Å²) < 4.78 is 0. The second-order valence-electron chi connectivity index (χ2n) is 14.1. The number of hydrogen-bond donors (Lipinski definition) is 0. The molecule has 1 aliphatic carbocycles. The molecule has 0 fully saturated rings. The molecule has 0 amide bonds. The van der Waals surface area contributed by atoms with Gasteiger partial charge in [0.25, 0.3) is 0 Å². The van der Waals surface area contributed by atoms with Crippen LogP contribution in [0.15, 0.2) is 170 Å². The SMILES string of the molecule is CC1(C)c2ccccc2N(c2ccc(-c3ccccc3)cc2)c2cc3c(cc21)C(CCc1ccc(-c2ccccc2)cc1)c1ccccc1-3. The number of rotatable bonds is 6. The van der Waals surface area contributed by atoms with Crippen molar-refractivity contribution in [2.45, 2.75) is 38.0 Å². The summed E-state index contributed by atoms with van der Waals surface area (Å²) in [5, 5.41) is 0. The van der Waals surface area contributed by atoms with Gasteiger partial charge >= 0.3 is 0 Å². The Kier molecular flexibility index (Phi) is 7.09. The zero-order valence-corrected chi connectivity index (χ0v) is 28.1. The molecule has 0 aromatic heterocycles. The van der Waals surface area contributed by atoms with E-state index >= 15 is 0 Å². The molecule has 7 aromatic carbocycles. The number of para-hydroxylation sites is 1. The number of anilines is 3. The van der Waals surface area contributed by atoms with Crippen molar-refractivity contribution in [2.75, 3.05) is 4.90 Å². The zero-order chi connectivity index (χ0) is 33.0. The Morgan fingerprint density at radius 1 is 0.469 bits per heavy atom. The minimum atomic E-state index is -0.145. The van der Waals surface area contributed by atoms with Crippen LogP contribution in [0.5, 0.6) is 0 Å². The lowest BCUT2D eigenvalue weighted by Crippen LogP contribution is -2.31. The molecule has 236 valence electrons. The lowest BCUT2D eigenvalue weighted by Gasteiger charge is -2.42. The Labute approximate surface area is 290 Å². The van der Waals surface area contributed by atoms with Gasteiger partial charge in [0.05, 0.1) is 11.4 Å². The smallest absolute Gasteiger partial charge is 0.0509 e. The molecular weight excluding hydrogens is 591 g/mol.